The van der Waals surface area contributed by atoms with E-state index in [1.54, 1.807) is 0 Å². The van der Waals surface area contributed by atoms with Gasteiger partial charge in [0.15, 0.2) is 6.10 Å². The molecule has 0 radical (unpaired) electrons. The summed E-state index contributed by atoms with van der Waals surface area (Å²) < 4.78 is 44.9. The van der Waals surface area contributed by atoms with E-state index in [0.29, 0.717) is 6.07 Å². The lowest BCUT2D eigenvalue weighted by Crippen LogP contribution is -2.30. The molecule has 0 saturated carbocycles. The van der Waals surface area contributed by atoms with Gasteiger partial charge in [-0.1, -0.05) is 12.1 Å². The van der Waals surface area contributed by atoms with Crippen LogP contribution >= 0.6 is 0 Å². The van der Waals surface area contributed by atoms with Crippen LogP contribution in [0.15, 0.2) is 36.4 Å². The van der Waals surface area contributed by atoms with Gasteiger partial charge >= 0.3 is 5.97 Å². The van der Waals surface area contributed by atoms with E-state index >= 15 is 0 Å². The van der Waals surface area contributed by atoms with Crippen molar-refractivity contribution in [1.82, 2.24) is 0 Å². The topological polar surface area (TPSA) is 81.4 Å². The van der Waals surface area contributed by atoms with Crippen molar-refractivity contribution in [2.45, 2.75) is 13.0 Å². The van der Waals surface area contributed by atoms with Gasteiger partial charge in [0, 0.05) is 6.07 Å². The highest BCUT2D eigenvalue weighted by Gasteiger charge is 2.23. The zero-order valence-electron chi connectivity index (χ0n) is 12.5. The van der Waals surface area contributed by atoms with Gasteiger partial charge in [0.05, 0.1) is 16.9 Å². The fourth-order valence-corrected chi connectivity index (χ4v) is 1.80. The summed E-state index contributed by atoms with van der Waals surface area (Å²) >= 11 is 0. The molecule has 0 unspecified atom stereocenters. The first-order valence-electron chi connectivity index (χ1n) is 6.80. The largest absolute Gasteiger partial charge is 0.449 e. The first kappa shape index (κ1) is 17.3. The predicted octanol–water partition coefficient (Wildman–Crippen LogP) is 2.87. The molecule has 0 heterocycles. The molecule has 1 amide bonds. The number of amides is 1. The lowest BCUT2D eigenvalue weighted by Gasteiger charge is -2.14. The van der Waals surface area contributed by atoms with Crippen LogP contribution in [0, 0.1) is 17.5 Å². The highest BCUT2D eigenvalue weighted by molar-refractivity contribution is 5.97. The summed E-state index contributed by atoms with van der Waals surface area (Å²) in [5, 5.41) is 2.23. The number of para-hydroxylation sites is 1. The molecule has 8 heteroatoms. The average molecular weight is 338 g/mol. The lowest BCUT2D eigenvalue weighted by molar-refractivity contribution is -0.123. The third-order valence-electron chi connectivity index (χ3n) is 3.09. The van der Waals surface area contributed by atoms with Crippen LogP contribution in [0.4, 0.5) is 24.5 Å². The summed E-state index contributed by atoms with van der Waals surface area (Å²) in [6, 6.07) is 6.62. The summed E-state index contributed by atoms with van der Waals surface area (Å²) in [4.78, 5) is 23.8. The highest BCUT2D eigenvalue weighted by Crippen LogP contribution is 2.18. The van der Waals surface area contributed by atoms with Crippen LogP contribution in [-0.2, 0) is 9.53 Å². The number of nitrogens with one attached hydrogen (secondary N) is 1. The van der Waals surface area contributed by atoms with Crippen LogP contribution in [-0.4, -0.2) is 18.0 Å². The van der Waals surface area contributed by atoms with Gasteiger partial charge in [-0.05, 0) is 25.1 Å². The van der Waals surface area contributed by atoms with Crippen molar-refractivity contribution in [2.24, 2.45) is 0 Å². The lowest BCUT2D eigenvalue weighted by atomic mass is 10.2. The average Bonchev–Trinajstić information content (AvgIpc) is 2.52. The number of hydrogen-bond acceptors (Lipinski definition) is 4. The predicted molar refractivity (Wildman–Crippen MR) is 80.7 cm³/mol. The van der Waals surface area contributed by atoms with E-state index in [4.69, 9.17) is 10.5 Å². The van der Waals surface area contributed by atoms with Crippen LogP contribution in [0.1, 0.15) is 17.3 Å². The first-order valence-corrected chi connectivity index (χ1v) is 6.80. The number of halogens is 3. The number of benzene rings is 2. The molecule has 0 aromatic heterocycles. The molecule has 5 nitrogen and oxygen atoms in total. The monoisotopic (exact) mass is 338 g/mol. The Balaban J connectivity index is 2.07. The second-order valence-corrected chi connectivity index (χ2v) is 4.87. The minimum Gasteiger partial charge on any atom is -0.449 e. The van der Waals surface area contributed by atoms with E-state index in [1.165, 1.54) is 25.1 Å². The molecule has 0 fully saturated rings. The number of nitrogen functional groups attached to an aromatic ring is 1. The van der Waals surface area contributed by atoms with Crippen LogP contribution in [0.25, 0.3) is 0 Å². The van der Waals surface area contributed by atoms with Crippen molar-refractivity contribution in [2.75, 3.05) is 11.1 Å². The molecule has 0 saturated heterocycles. The number of carbonyl (C=O) groups is 2. The second-order valence-electron chi connectivity index (χ2n) is 4.87. The fraction of sp³-hybridized carbons (Fsp3) is 0.125. The Morgan fingerprint density at radius 2 is 1.75 bits per heavy atom. The number of anilines is 2. The Morgan fingerprint density at radius 1 is 1.08 bits per heavy atom. The second kappa shape index (κ2) is 7.03. The first-order chi connectivity index (χ1) is 11.3. The third-order valence-corrected chi connectivity index (χ3v) is 3.09. The van der Waals surface area contributed by atoms with Gasteiger partial charge in [-0.25, -0.2) is 18.0 Å². The van der Waals surface area contributed by atoms with E-state index in [0.717, 1.165) is 12.1 Å². The van der Waals surface area contributed by atoms with Gasteiger partial charge in [-0.15, -0.1) is 0 Å². The smallest absolute Gasteiger partial charge is 0.341 e. The maximum Gasteiger partial charge on any atom is 0.341 e. The molecule has 2 rings (SSSR count). The molecule has 0 aliphatic rings. The Kier molecular flexibility index (Phi) is 5.08. The molecule has 24 heavy (non-hydrogen) atoms. The van der Waals surface area contributed by atoms with Gasteiger partial charge in [0.25, 0.3) is 5.91 Å². The van der Waals surface area contributed by atoms with Crippen molar-refractivity contribution in [3.05, 3.63) is 59.4 Å². The molecule has 0 bridgehead atoms. The number of rotatable bonds is 4. The van der Waals surface area contributed by atoms with Crippen molar-refractivity contribution < 1.29 is 27.5 Å². The Labute approximate surface area is 135 Å². The Morgan fingerprint density at radius 3 is 2.42 bits per heavy atom. The highest BCUT2D eigenvalue weighted by atomic mass is 19.1. The zero-order chi connectivity index (χ0) is 17.9. The van der Waals surface area contributed by atoms with Crippen molar-refractivity contribution in [1.29, 1.82) is 0 Å². The van der Waals surface area contributed by atoms with Crippen molar-refractivity contribution in [3.8, 4) is 0 Å². The van der Waals surface area contributed by atoms with Crippen molar-refractivity contribution in [3.63, 3.8) is 0 Å². The summed E-state index contributed by atoms with van der Waals surface area (Å²) in [6.07, 6.45) is -1.34. The minimum atomic E-state index is -1.34. The summed E-state index contributed by atoms with van der Waals surface area (Å²) in [5.74, 6) is -4.87. The maximum atomic E-state index is 13.6. The van der Waals surface area contributed by atoms with Crippen LogP contribution in [0.5, 0.6) is 0 Å². The molecule has 126 valence electrons. The van der Waals surface area contributed by atoms with Gasteiger partial charge in [0.1, 0.15) is 17.5 Å². The molecule has 2 aromatic carbocycles. The number of esters is 1. The number of hydrogen-bond donors (Lipinski definition) is 2. The van der Waals surface area contributed by atoms with Gasteiger partial charge in [-0.2, -0.15) is 0 Å². The summed E-state index contributed by atoms with van der Waals surface area (Å²) in [7, 11) is 0. The SMILES string of the molecule is C[C@@H](OC(=O)c1cc(N)c(F)cc1F)C(=O)Nc1ccccc1F. The molecular formula is C16H13F3N2O3. The Bertz CT molecular complexity index is 796. The van der Waals surface area contributed by atoms with Crippen LogP contribution in [0.2, 0.25) is 0 Å². The Hall–Kier alpha value is -3.03. The van der Waals surface area contributed by atoms with E-state index in [9.17, 15) is 22.8 Å². The summed E-state index contributed by atoms with van der Waals surface area (Å²) in [6.45, 7) is 1.22. The van der Waals surface area contributed by atoms with E-state index < -0.39 is 46.7 Å². The van der Waals surface area contributed by atoms with Crippen molar-refractivity contribution >= 4 is 23.3 Å². The molecule has 3 N–H and O–H groups in total. The molecule has 0 spiro atoms. The van der Waals surface area contributed by atoms with Gasteiger partial charge in [-0.3, -0.25) is 4.79 Å². The number of ether oxygens (including phenoxy) is 1. The molecule has 0 aliphatic heterocycles. The van der Waals surface area contributed by atoms with Gasteiger partial charge < -0.3 is 15.8 Å². The number of nitrogens with two attached hydrogens (primary N) is 1. The van der Waals surface area contributed by atoms with E-state index in [2.05, 4.69) is 5.32 Å². The van der Waals surface area contributed by atoms with E-state index in [-0.39, 0.29) is 5.69 Å². The van der Waals surface area contributed by atoms with Crippen LogP contribution < -0.4 is 11.1 Å². The molecular weight excluding hydrogens is 325 g/mol. The number of carbonyl (C=O) groups excluding carboxylic acids is 2. The summed E-state index contributed by atoms with van der Waals surface area (Å²) in [5.41, 5.74) is 4.12. The minimum absolute atomic E-state index is 0.0948. The normalized spacial score (nSPS) is 11.7. The molecule has 0 aliphatic carbocycles. The zero-order valence-corrected chi connectivity index (χ0v) is 12.5. The van der Waals surface area contributed by atoms with E-state index in [1.807, 2.05) is 0 Å². The van der Waals surface area contributed by atoms with Crippen LogP contribution in [0.3, 0.4) is 0 Å². The third kappa shape index (κ3) is 3.83. The quantitative estimate of drug-likeness (QED) is 0.663. The molecule has 2 aromatic rings. The molecule has 1 atom stereocenters. The fourth-order valence-electron chi connectivity index (χ4n) is 1.80. The maximum absolute atomic E-state index is 13.6. The van der Waals surface area contributed by atoms with Gasteiger partial charge in [0.2, 0.25) is 0 Å². The standard InChI is InChI=1S/C16H13F3N2O3/c1-8(15(22)21-14-5-3-2-4-10(14)17)24-16(23)9-6-13(20)12(19)7-11(9)18/h2-8H,20H2,1H3,(H,21,22)/t8-/m1/s1.